The van der Waals surface area contributed by atoms with Gasteiger partial charge in [0.25, 0.3) is 0 Å². The zero-order chi connectivity index (χ0) is 12.1. The Morgan fingerprint density at radius 3 is 2.75 bits per heavy atom. The third kappa shape index (κ3) is 3.09. The summed E-state index contributed by atoms with van der Waals surface area (Å²) >= 11 is 5.96. The molecule has 0 radical (unpaired) electrons. The number of rotatable bonds is 5. The molecule has 16 heavy (non-hydrogen) atoms. The van der Waals surface area contributed by atoms with Gasteiger partial charge in [-0.05, 0) is 18.5 Å². The van der Waals surface area contributed by atoms with Crippen LogP contribution in [0.3, 0.4) is 0 Å². The molecule has 2 unspecified atom stereocenters. The van der Waals surface area contributed by atoms with E-state index in [1.54, 1.807) is 6.20 Å². The first-order chi connectivity index (χ1) is 7.60. The first-order valence-electron chi connectivity index (χ1n) is 5.74. The van der Waals surface area contributed by atoms with Crippen LogP contribution < -0.4 is 11.1 Å². The first-order valence-corrected chi connectivity index (χ1v) is 6.12. The number of hydrogen-bond donors (Lipinski definition) is 2. The summed E-state index contributed by atoms with van der Waals surface area (Å²) in [7, 11) is 0. The molecule has 2 atom stereocenters. The summed E-state index contributed by atoms with van der Waals surface area (Å²) in [6, 6.07) is 2.13. The van der Waals surface area contributed by atoms with Crippen molar-refractivity contribution >= 4 is 17.4 Å². The van der Waals surface area contributed by atoms with Crippen molar-refractivity contribution in [3.05, 3.63) is 22.8 Å². The summed E-state index contributed by atoms with van der Waals surface area (Å²) in [5, 5.41) is 4.07. The van der Waals surface area contributed by atoms with Gasteiger partial charge >= 0.3 is 0 Å². The van der Waals surface area contributed by atoms with Crippen LogP contribution in [0.1, 0.15) is 38.8 Å². The smallest absolute Gasteiger partial charge is 0.128 e. The van der Waals surface area contributed by atoms with E-state index in [1.807, 2.05) is 6.07 Å². The molecule has 0 spiro atoms. The predicted octanol–water partition coefficient (Wildman–Crippen LogP) is 3.01. The fourth-order valence-corrected chi connectivity index (χ4v) is 1.95. The molecule has 1 aromatic rings. The van der Waals surface area contributed by atoms with E-state index >= 15 is 0 Å². The molecule has 0 amide bonds. The molecule has 0 aliphatic carbocycles. The lowest BCUT2D eigenvalue weighted by Gasteiger charge is -2.25. The molecule has 1 rings (SSSR count). The van der Waals surface area contributed by atoms with Gasteiger partial charge in [-0.2, -0.15) is 0 Å². The number of aromatic nitrogens is 1. The zero-order valence-electron chi connectivity index (χ0n) is 10.1. The van der Waals surface area contributed by atoms with Crippen molar-refractivity contribution in [1.29, 1.82) is 0 Å². The Bertz CT molecular complexity index is 341. The van der Waals surface area contributed by atoms with Crippen LogP contribution in [-0.2, 0) is 0 Å². The third-order valence-electron chi connectivity index (χ3n) is 2.89. The maximum atomic E-state index is 5.96. The van der Waals surface area contributed by atoms with E-state index in [1.165, 1.54) is 0 Å². The highest BCUT2D eigenvalue weighted by Gasteiger charge is 2.20. The maximum absolute atomic E-state index is 5.96. The predicted molar refractivity (Wildman–Crippen MR) is 69.5 cm³/mol. The van der Waals surface area contributed by atoms with Gasteiger partial charge in [0.1, 0.15) is 5.82 Å². The summed E-state index contributed by atoms with van der Waals surface area (Å²) in [6.07, 6.45) is 2.67. The molecule has 0 bridgehead atoms. The van der Waals surface area contributed by atoms with Crippen LogP contribution in [0, 0.1) is 5.92 Å². The molecule has 3 nitrogen and oxygen atoms in total. The Labute approximate surface area is 102 Å². The summed E-state index contributed by atoms with van der Waals surface area (Å²) in [5.41, 5.74) is 6.91. The number of pyridine rings is 1. The Morgan fingerprint density at radius 2 is 2.19 bits per heavy atom. The minimum Gasteiger partial charge on any atom is -0.383 e. The van der Waals surface area contributed by atoms with E-state index < -0.39 is 0 Å². The normalized spacial score (nSPS) is 14.8. The van der Waals surface area contributed by atoms with Gasteiger partial charge < -0.3 is 11.1 Å². The molecule has 0 aliphatic rings. The summed E-state index contributed by atoms with van der Waals surface area (Å²) in [5.74, 6) is 1.07. The molecular weight excluding hydrogens is 222 g/mol. The van der Waals surface area contributed by atoms with E-state index in [0.717, 1.165) is 18.5 Å². The van der Waals surface area contributed by atoms with Gasteiger partial charge in [-0.25, -0.2) is 4.98 Å². The van der Waals surface area contributed by atoms with Crippen molar-refractivity contribution in [3.63, 3.8) is 0 Å². The second-order valence-electron chi connectivity index (χ2n) is 4.05. The Kier molecular flexibility index (Phi) is 5.03. The number of nitrogen functional groups attached to an aromatic ring is 1. The largest absolute Gasteiger partial charge is 0.383 e. The highest BCUT2D eigenvalue weighted by atomic mass is 35.5. The molecule has 0 aliphatic heterocycles. The molecule has 0 saturated heterocycles. The second-order valence-corrected chi connectivity index (χ2v) is 4.49. The molecular formula is C12H20ClN3. The lowest BCUT2D eigenvalue weighted by molar-refractivity contribution is 0.384. The lowest BCUT2D eigenvalue weighted by atomic mass is 9.93. The minimum absolute atomic E-state index is 0.223. The molecule has 0 fully saturated rings. The fraction of sp³-hybridized carbons (Fsp3) is 0.583. The van der Waals surface area contributed by atoms with E-state index in [4.69, 9.17) is 17.3 Å². The van der Waals surface area contributed by atoms with E-state index in [9.17, 15) is 0 Å². The molecule has 0 aromatic carbocycles. The van der Waals surface area contributed by atoms with Crippen molar-refractivity contribution < 1.29 is 0 Å². The third-order valence-corrected chi connectivity index (χ3v) is 3.09. The number of nitrogens with zero attached hydrogens (tertiary/aromatic N) is 1. The SMILES string of the molecule is CCNC(c1cc(Cl)cnc1N)C(C)CC. The van der Waals surface area contributed by atoms with Crippen LogP contribution in [-0.4, -0.2) is 11.5 Å². The summed E-state index contributed by atoms with van der Waals surface area (Å²) in [4.78, 5) is 4.10. The van der Waals surface area contributed by atoms with Gasteiger partial charge in [0.2, 0.25) is 0 Å². The van der Waals surface area contributed by atoms with Crippen LogP contribution >= 0.6 is 11.6 Å². The van der Waals surface area contributed by atoms with Crippen LogP contribution in [0.4, 0.5) is 5.82 Å². The molecule has 4 heteroatoms. The zero-order valence-corrected chi connectivity index (χ0v) is 10.9. The first kappa shape index (κ1) is 13.3. The number of anilines is 1. The van der Waals surface area contributed by atoms with Crippen LogP contribution in [0.15, 0.2) is 12.3 Å². The minimum atomic E-state index is 0.223. The number of nitrogens with one attached hydrogen (secondary N) is 1. The van der Waals surface area contributed by atoms with Gasteiger partial charge in [-0.3, -0.25) is 0 Å². The second kappa shape index (κ2) is 6.06. The fourth-order valence-electron chi connectivity index (χ4n) is 1.79. The van der Waals surface area contributed by atoms with Gasteiger partial charge in [0.05, 0.1) is 5.02 Å². The van der Waals surface area contributed by atoms with E-state index in [2.05, 4.69) is 31.1 Å². The number of hydrogen-bond acceptors (Lipinski definition) is 3. The van der Waals surface area contributed by atoms with Gasteiger partial charge in [0.15, 0.2) is 0 Å². The monoisotopic (exact) mass is 241 g/mol. The standard InChI is InChI=1S/C12H20ClN3/c1-4-8(3)11(15-5-2)10-6-9(13)7-16-12(10)14/h6-8,11,15H,4-5H2,1-3H3,(H2,14,16). The van der Waals surface area contributed by atoms with Gasteiger partial charge in [-0.1, -0.05) is 38.8 Å². The van der Waals surface area contributed by atoms with Gasteiger partial charge in [-0.15, -0.1) is 0 Å². The number of nitrogens with two attached hydrogens (primary N) is 1. The Hall–Kier alpha value is -0.800. The van der Waals surface area contributed by atoms with Crippen LogP contribution in [0.25, 0.3) is 0 Å². The van der Waals surface area contributed by atoms with E-state index in [-0.39, 0.29) is 6.04 Å². The molecule has 0 saturated carbocycles. The highest BCUT2D eigenvalue weighted by molar-refractivity contribution is 6.30. The van der Waals surface area contributed by atoms with Crippen molar-refractivity contribution in [3.8, 4) is 0 Å². The van der Waals surface area contributed by atoms with Gasteiger partial charge in [0, 0.05) is 17.8 Å². The van der Waals surface area contributed by atoms with E-state index in [0.29, 0.717) is 16.8 Å². The topological polar surface area (TPSA) is 50.9 Å². The highest BCUT2D eigenvalue weighted by Crippen LogP contribution is 2.29. The van der Waals surface area contributed by atoms with Crippen LogP contribution in [0.5, 0.6) is 0 Å². The Balaban J connectivity index is 3.04. The summed E-state index contributed by atoms with van der Waals surface area (Å²) in [6.45, 7) is 7.36. The maximum Gasteiger partial charge on any atom is 0.128 e. The Morgan fingerprint density at radius 1 is 1.50 bits per heavy atom. The average Bonchev–Trinajstić information content (AvgIpc) is 2.28. The molecule has 3 N–H and O–H groups in total. The van der Waals surface area contributed by atoms with Crippen molar-refractivity contribution in [2.75, 3.05) is 12.3 Å². The number of halogens is 1. The molecule has 90 valence electrons. The molecule has 1 aromatic heterocycles. The quantitative estimate of drug-likeness (QED) is 0.833. The van der Waals surface area contributed by atoms with Crippen molar-refractivity contribution in [2.24, 2.45) is 5.92 Å². The van der Waals surface area contributed by atoms with Crippen LogP contribution in [0.2, 0.25) is 5.02 Å². The lowest BCUT2D eigenvalue weighted by Crippen LogP contribution is -2.27. The molecule has 1 heterocycles. The average molecular weight is 242 g/mol. The summed E-state index contributed by atoms with van der Waals surface area (Å²) < 4.78 is 0. The van der Waals surface area contributed by atoms with Crippen molar-refractivity contribution in [1.82, 2.24) is 10.3 Å². The van der Waals surface area contributed by atoms with Crippen molar-refractivity contribution in [2.45, 2.75) is 33.2 Å².